The lowest BCUT2D eigenvalue weighted by molar-refractivity contribution is 0.457. The van der Waals surface area contributed by atoms with Gasteiger partial charge in [-0.2, -0.15) is 0 Å². The summed E-state index contributed by atoms with van der Waals surface area (Å²) in [4.78, 5) is 0. The summed E-state index contributed by atoms with van der Waals surface area (Å²) in [7, 11) is 0. The third kappa shape index (κ3) is 2.76. The normalized spacial score (nSPS) is 12.8. The van der Waals surface area contributed by atoms with Crippen molar-refractivity contribution in [3.05, 3.63) is 66.3 Å². The quantitative estimate of drug-likeness (QED) is 0.839. The van der Waals surface area contributed by atoms with E-state index in [2.05, 4.69) is 24.4 Å². The zero-order valence-electron chi connectivity index (χ0n) is 9.26. The van der Waals surface area contributed by atoms with Gasteiger partial charge in [0.15, 0.2) is 0 Å². The molecule has 1 heterocycles. The van der Waals surface area contributed by atoms with Gasteiger partial charge in [-0.05, 0) is 36.9 Å². The first kappa shape index (κ1) is 10.6. The molecule has 2 heteroatoms. The molecule has 1 atom stereocenters. The van der Waals surface area contributed by atoms with Crippen LogP contribution < -0.4 is 5.32 Å². The third-order valence-electron chi connectivity index (χ3n) is 2.39. The average Bonchev–Trinajstić information content (AvgIpc) is 2.84. The molecule has 1 aromatic carbocycles. The molecular weight excluding hydrogens is 198 g/mol. The molecule has 0 aliphatic rings. The Hall–Kier alpha value is -1.96. The molecule has 0 aliphatic carbocycles. The molecule has 82 valence electrons. The van der Waals surface area contributed by atoms with Gasteiger partial charge in [-0.3, -0.25) is 0 Å². The number of hydrogen-bond donors (Lipinski definition) is 1. The Bertz CT molecular complexity index is 431. The molecule has 0 saturated carbocycles. The van der Waals surface area contributed by atoms with Crippen LogP contribution >= 0.6 is 0 Å². The van der Waals surface area contributed by atoms with Crippen molar-refractivity contribution < 1.29 is 4.42 Å². The molecule has 0 spiro atoms. The fraction of sp³-hybridized carbons (Fsp3) is 0.143. The standard InChI is InChI=1S/C14H15NO/c1-12(14-8-5-11-16-14)15-10-9-13-6-3-2-4-7-13/h2-12,15H,1H3/b10-9+. The number of benzene rings is 1. The molecular formula is C14H15NO. The average molecular weight is 213 g/mol. The maximum atomic E-state index is 5.30. The molecule has 1 aromatic heterocycles. The van der Waals surface area contributed by atoms with Crippen LogP contribution in [0.5, 0.6) is 0 Å². The molecule has 1 unspecified atom stereocenters. The number of rotatable bonds is 4. The fourth-order valence-corrected chi connectivity index (χ4v) is 1.47. The van der Waals surface area contributed by atoms with Gasteiger partial charge in [-0.25, -0.2) is 0 Å². The molecule has 0 saturated heterocycles. The Kier molecular flexibility index (Phi) is 3.44. The van der Waals surface area contributed by atoms with Gasteiger partial charge in [0, 0.05) is 0 Å². The fourth-order valence-electron chi connectivity index (χ4n) is 1.47. The van der Waals surface area contributed by atoms with Gasteiger partial charge in [0.05, 0.1) is 12.3 Å². The highest BCUT2D eigenvalue weighted by Crippen LogP contribution is 2.12. The second-order valence-electron chi connectivity index (χ2n) is 3.65. The van der Waals surface area contributed by atoms with Crippen molar-refractivity contribution >= 4 is 6.08 Å². The lowest BCUT2D eigenvalue weighted by Gasteiger charge is -2.07. The summed E-state index contributed by atoms with van der Waals surface area (Å²) in [5.41, 5.74) is 1.18. The van der Waals surface area contributed by atoms with E-state index >= 15 is 0 Å². The van der Waals surface area contributed by atoms with Crippen molar-refractivity contribution in [3.63, 3.8) is 0 Å². The summed E-state index contributed by atoms with van der Waals surface area (Å²) < 4.78 is 5.30. The smallest absolute Gasteiger partial charge is 0.125 e. The largest absolute Gasteiger partial charge is 0.467 e. The maximum absolute atomic E-state index is 5.30. The lowest BCUT2D eigenvalue weighted by atomic mass is 10.2. The Labute approximate surface area is 95.6 Å². The van der Waals surface area contributed by atoms with Crippen LogP contribution in [-0.4, -0.2) is 0 Å². The van der Waals surface area contributed by atoms with Crippen LogP contribution in [0.4, 0.5) is 0 Å². The van der Waals surface area contributed by atoms with E-state index in [1.54, 1.807) is 6.26 Å². The zero-order chi connectivity index (χ0) is 11.2. The van der Waals surface area contributed by atoms with E-state index in [0.717, 1.165) is 5.76 Å². The van der Waals surface area contributed by atoms with E-state index in [1.165, 1.54) is 5.56 Å². The predicted octanol–water partition coefficient (Wildman–Crippen LogP) is 3.60. The predicted molar refractivity (Wildman–Crippen MR) is 65.7 cm³/mol. The molecule has 0 bridgehead atoms. The van der Waals surface area contributed by atoms with E-state index in [9.17, 15) is 0 Å². The SMILES string of the molecule is CC(N/C=C/c1ccccc1)c1ccco1. The van der Waals surface area contributed by atoms with Gasteiger partial charge in [-0.15, -0.1) is 0 Å². The molecule has 0 amide bonds. The highest BCUT2D eigenvalue weighted by Gasteiger charge is 2.03. The summed E-state index contributed by atoms with van der Waals surface area (Å²) >= 11 is 0. The minimum atomic E-state index is 0.190. The van der Waals surface area contributed by atoms with Crippen LogP contribution in [0.2, 0.25) is 0 Å². The minimum absolute atomic E-state index is 0.190. The Balaban J connectivity index is 1.90. The molecule has 2 nitrogen and oxygen atoms in total. The van der Waals surface area contributed by atoms with Crippen molar-refractivity contribution in [1.29, 1.82) is 0 Å². The lowest BCUT2D eigenvalue weighted by Crippen LogP contribution is -2.10. The van der Waals surface area contributed by atoms with E-state index in [0.29, 0.717) is 0 Å². The highest BCUT2D eigenvalue weighted by atomic mass is 16.3. The highest BCUT2D eigenvalue weighted by molar-refractivity contribution is 5.48. The topological polar surface area (TPSA) is 25.2 Å². The van der Waals surface area contributed by atoms with Crippen molar-refractivity contribution in [1.82, 2.24) is 5.32 Å². The molecule has 16 heavy (non-hydrogen) atoms. The van der Waals surface area contributed by atoms with Gasteiger partial charge in [0.2, 0.25) is 0 Å². The van der Waals surface area contributed by atoms with E-state index in [-0.39, 0.29) is 6.04 Å². The molecule has 2 aromatic rings. The molecule has 0 fully saturated rings. The van der Waals surface area contributed by atoms with Crippen molar-refractivity contribution in [2.75, 3.05) is 0 Å². The molecule has 0 radical (unpaired) electrons. The number of furan rings is 1. The monoisotopic (exact) mass is 213 g/mol. The van der Waals surface area contributed by atoms with Crippen LogP contribution in [0, 0.1) is 0 Å². The van der Waals surface area contributed by atoms with Crippen LogP contribution in [-0.2, 0) is 0 Å². The molecule has 1 N–H and O–H groups in total. The summed E-state index contributed by atoms with van der Waals surface area (Å²) in [6.07, 6.45) is 5.68. The number of nitrogens with one attached hydrogen (secondary N) is 1. The second kappa shape index (κ2) is 5.21. The second-order valence-corrected chi connectivity index (χ2v) is 3.65. The van der Waals surface area contributed by atoms with Crippen molar-refractivity contribution in [2.45, 2.75) is 13.0 Å². The number of hydrogen-bond acceptors (Lipinski definition) is 2. The first-order chi connectivity index (χ1) is 7.86. The van der Waals surface area contributed by atoms with E-state index < -0.39 is 0 Å². The first-order valence-corrected chi connectivity index (χ1v) is 5.37. The minimum Gasteiger partial charge on any atom is -0.467 e. The zero-order valence-corrected chi connectivity index (χ0v) is 9.26. The van der Waals surface area contributed by atoms with Crippen LogP contribution in [0.15, 0.2) is 59.3 Å². The van der Waals surface area contributed by atoms with Crippen LogP contribution in [0.25, 0.3) is 6.08 Å². The van der Waals surface area contributed by atoms with E-state index in [1.807, 2.05) is 42.6 Å². The van der Waals surface area contributed by atoms with Gasteiger partial charge in [0.25, 0.3) is 0 Å². The first-order valence-electron chi connectivity index (χ1n) is 5.37. The summed E-state index contributed by atoms with van der Waals surface area (Å²) in [6.45, 7) is 2.06. The van der Waals surface area contributed by atoms with Gasteiger partial charge in [-0.1, -0.05) is 30.3 Å². The molecule has 2 rings (SSSR count). The van der Waals surface area contributed by atoms with Gasteiger partial charge < -0.3 is 9.73 Å². The Morgan fingerprint density at radius 2 is 1.94 bits per heavy atom. The maximum Gasteiger partial charge on any atom is 0.125 e. The Morgan fingerprint density at radius 1 is 1.12 bits per heavy atom. The summed E-state index contributed by atoms with van der Waals surface area (Å²) in [5.74, 6) is 0.942. The van der Waals surface area contributed by atoms with Crippen molar-refractivity contribution in [2.24, 2.45) is 0 Å². The molecule has 0 aliphatic heterocycles. The van der Waals surface area contributed by atoms with E-state index in [4.69, 9.17) is 4.42 Å². The summed E-state index contributed by atoms with van der Waals surface area (Å²) in [6, 6.07) is 14.2. The van der Waals surface area contributed by atoms with Gasteiger partial charge in [0.1, 0.15) is 5.76 Å². The van der Waals surface area contributed by atoms with Crippen LogP contribution in [0.3, 0.4) is 0 Å². The Morgan fingerprint density at radius 3 is 2.62 bits per heavy atom. The van der Waals surface area contributed by atoms with Crippen LogP contribution in [0.1, 0.15) is 24.3 Å². The van der Waals surface area contributed by atoms with Crippen molar-refractivity contribution in [3.8, 4) is 0 Å². The summed E-state index contributed by atoms with van der Waals surface area (Å²) in [5, 5.41) is 3.26. The third-order valence-corrected chi connectivity index (χ3v) is 2.39. The van der Waals surface area contributed by atoms with Gasteiger partial charge >= 0.3 is 0 Å².